The van der Waals surface area contributed by atoms with E-state index in [9.17, 15) is 9.18 Å². The van der Waals surface area contributed by atoms with Crippen molar-refractivity contribution in [2.75, 3.05) is 20.2 Å². The lowest BCUT2D eigenvalue weighted by atomic mass is 10.0. The number of piperidine rings is 1. The summed E-state index contributed by atoms with van der Waals surface area (Å²) < 4.78 is 18.3. The van der Waals surface area contributed by atoms with Crippen molar-refractivity contribution in [3.05, 3.63) is 35.1 Å². The van der Waals surface area contributed by atoms with Gasteiger partial charge in [-0.3, -0.25) is 4.79 Å². The SMILES string of the molecule is COC1CCN(C(=O)Cc2ccc(F)cc2C)CC1. The number of ether oxygens (including phenoxy) is 1. The number of hydrogen-bond acceptors (Lipinski definition) is 2. The second-order valence-corrected chi connectivity index (χ2v) is 5.06. The van der Waals surface area contributed by atoms with Crippen LogP contribution in [0.25, 0.3) is 0 Å². The van der Waals surface area contributed by atoms with Crippen molar-refractivity contribution >= 4 is 5.91 Å². The van der Waals surface area contributed by atoms with Crippen molar-refractivity contribution in [3.8, 4) is 0 Å². The molecular weight excluding hydrogens is 245 g/mol. The summed E-state index contributed by atoms with van der Waals surface area (Å²) in [5, 5.41) is 0. The summed E-state index contributed by atoms with van der Waals surface area (Å²) in [6.45, 7) is 3.33. The van der Waals surface area contributed by atoms with Crippen molar-refractivity contribution in [1.29, 1.82) is 0 Å². The normalized spacial score (nSPS) is 16.7. The van der Waals surface area contributed by atoms with Gasteiger partial charge < -0.3 is 9.64 Å². The average Bonchev–Trinajstić information content (AvgIpc) is 2.42. The molecular formula is C15H20FNO2. The topological polar surface area (TPSA) is 29.5 Å². The quantitative estimate of drug-likeness (QED) is 0.839. The number of methoxy groups -OCH3 is 1. The van der Waals surface area contributed by atoms with E-state index in [0.29, 0.717) is 6.42 Å². The van der Waals surface area contributed by atoms with Crippen LogP contribution in [-0.2, 0) is 16.0 Å². The van der Waals surface area contributed by atoms with E-state index in [-0.39, 0.29) is 17.8 Å². The Morgan fingerprint density at radius 2 is 2.11 bits per heavy atom. The van der Waals surface area contributed by atoms with Gasteiger partial charge in [0.15, 0.2) is 0 Å². The summed E-state index contributed by atoms with van der Waals surface area (Å²) in [6.07, 6.45) is 2.41. The minimum atomic E-state index is -0.255. The number of hydrogen-bond donors (Lipinski definition) is 0. The third kappa shape index (κ3) is 3.53. The molecule has 0 aromatic heterocycles. The van der Waals surface area contributed by atoms with E-state index in [1.807, 2.05) is 11.8 Å². The van der Waals surface area contributed by atoms with Gasteiger partial charge >= 0.3 is 0 Å². The molecule has 1 aromatic carbocycles. The number of aryl methyl sites for hydroxylation is 1. The molecule has 1 aliphatic rings. The van der Waals surface area contributed by atoms with Gasteiger partial charge in [0.2, 0.25) is 5.91 Å². The molecule has 0 bridgehead atoms. The maximum absolute atomic E-state index is 13.0. The maximum Gasteiger partial charge on any atom is 0.227 e. The summed E-state index contributed by atoms with van der Waals surface area (Å²) in [5.41, 5.74) is 1.74. The van der Waals surface area contributed by atoms with Gasteiger partial charge in [0.05, 0.1) is 12.5 Å². The fraction of sp³-hybridized carbons (Fsp3) is 0.533. The Labute approximate surface area is 113 Å². The minimum Gasteiger partial charge on any atom is -0.381 e. The third-order valence-electron chi connectivity index (χ3n) is 3.77. The van der Waals surface area contributed by atoms with Gasteiger partial charge in [-0.15, -0.1) is 0 Å². The van der Waals surface area contributed by atoms with Crippen LogP contribution in [0.4, 0.5) is 4.39 Å². The first-order chi connectivity index (χ1) is 9.10. The van der Waals surface area contributed by atoms with Gasteiger partial charge in [0.25, 0.3) is 0 Å². The molecule has 2 rings (SSSR count). The summed E-state index contributed by atoms with van der Waals surface area (Å²) in [6, 6.07) is 4.58. The van der Waals surface area contributed by atoms with E-state index < -0.39 is 0 Å². The number of halogens is 1. The number of carbonyl (C=O) groups excluding carboxylic acids is 1. The maximum atomic E-state index is 13.0. The van der Waals surface area contributed by atoms with Crippen molar-refractivity contribution in [3.63, 3.8) is 0 Å². The summed E-state index contributed by atoms with van der Waals surface area (Å²) in [5.74, 6) is -0.140. The van der Waals surface area contributed by atoms with Crippen LogP contribution in [0.15, 0.2) is 18.2 Å². The molecule has 1 saturated heterocycles. The molecule has 0 saturated carbocycles. The lowest BCUT2D eigenvalue weighted by molar-refractivity contribution is -0.132. The predicted octanol–water partition coefficient (Wildman–Crippen LogP) is 2.31. The van der Waals surface area contributed by atoms with Crippen molar-refractivity contribution in [2.45, 2.75) is 32.3 Å². The summed E-state index contributed by atoms with van der Waals surface area (Å²) in [4.78, 5) is 14.1. The standard InChI is InChI=1S/C15H20FNO2/c1-11-9-13(16)4-3-12(11)10-15(18)17-7-5-14(19-2)6-8-17/h3-4,9,14H,5-8,10H2,1-2H3. The zero-order chi connectivity index (χ0) is 13.8. The number of rotatable bonds is 3. The van der Waals surface area contributed by atoms with Crippen LogP contribution in [0.1, 0.15) is 24.0 Å². The smallest absolute Gasteiger partial charge is 0.227 e. The lowest BCUT2D eigenvalue weighted by Crippen LogP contribution is -2.41. The van der Waals surface area contributed by atoms with Gasteiger partial charge in [0, 0.05) is 20.2 Å². The molecule has 1 aromatic rings. The molecule has 0 radical (unpaired) electrons. The Morgan fingerprint density at radius 1 is 1.42 bits per heavy atom. The summed E-state index contributed by atoms with van der Waals surface area (Å²) in [7, 11) is 1.71. The third-order valence-corrected chi connectivity index (χ3v) is 3.77. The molecule has 3 nitrogen and oxygen atoms in total. The molecule has 1 amide bonds. The highest BCUT2D eigenvalue weighted by molar-refractivity contribution is 5.79. The lowest BCUT2D eigenvalue weighted by Gasteiger charge is -2.31. The highest BCUT2D eigenvalue weighted by atomic mass is 19.1. The van der Waals surface area contributed by atoms with Gasteiger partial charge in [-0.2, -0.15) is 0 Å². The highest BCUT2D eigenvalue weighted by Gasteiger charge is 2.22. The van der Waals surface area contributed by atoms with E-state index in [1.165, 1.54) is 12.1 Å². The van der Waals surface area contributed by atoms with Gasteiger partial charge in [0.1, 0.15) is 5.82 Å². The first-order valence-corrected chi connectivity index (χ1v) is 6.65. The first-order valence-electron chi connectivity index (χ1n) is 6.65. The molecule has 0 atom stereocenters. The van der Waals surface area contributed by atoms with Crippen molar-refractivity contribution < 1.29 is 13.9 Å². The van der Waals surface area contributed by atoms with Crippen LogP contribution in [0, 0.1) is 12.7 Å². The molecule has 0 N–H and O–H groups in total. The van der Waals surface area contributed by atoms with Gasteiger partial charge in [-0.1, -0.05) is 6.07 Å². The molecule has 1 aliphatic heterocycles. The Balaban J connectivity index is 1.94. The van der Waals surface area contributed by atoms with E-state index >= 15 is 0 Å². The van der Waals surface area contributed by atoms with Crippen LogP contribution in [0.3, 0.4) is 0 Å². The molecule has 104 valence electrons. The average molecular weight is 265 g/mol. The number of amides is 1. The molecule has 0 aliphatic carbocycles. The number of likely N-dealkylation sites (tertiary alicyclic amines) is 1. The van der Waals surface area contributed by atoms with Crippen LogP contribution in [-0.4, -0.2) is 37.1 Å². The van der Waals surface area contributed by atoms with Crippen LogP contribution < -0.4 is 0 Å². The molecule has 4 heteroatoms. The number of carbonyl (C=O) groups is 1. The number of benzene rings is 1. The Morgan fingerprint density at radius 3 is 2.68 bits per heavy atom. The van der Waals surface area contributed by atoms with Gasteiger partial charge in [-0.25, -0.2) is 4.39 Å². The minimum absolute atomic E-state index is 0.115. The second-order valence-electron chi connectivity index (χ2n) is 5.06. The van der Waals surface area contributed by atoms with Crippen LogP contribution in [0.2, 0.25) is 0 Å². The Kier molecular flexibility index (Phi) is 4.53. The fourth-order valence-corrected chi connectivity index (χ4v) is 2.47. The fourth-order valence-electron chi connectivity index (χ4n) is 2.47. The molecule has 19 heavy (non-hydrogen) atoms. The van der Waals surface area contributed by atoms with Crippen molar-refractivity contribution in [2.24, 2.45) is 0 Å². The monoisotopic (exact) mass is 265 g/mol. The highest BCUT2D eigenvalue weighted by Crippen LogP contribution is 2.16. The largest absolute Gasteiger partial charge is 0.381 e. The van der Waals surface area contributed by atoms with Gasteiger partial charge in [-0.05, 0) is 43.0 Å². The second kappa shape index (κ2) is 6.15. The summed E-state index contributed by atoms with van der Waals surface area (Å²) >= 11 is 0. The van der Waals surface area contributed by atoms with Crippen LogP contribution >= 0.6 is 0 Å². The van der Waals surface area contributed by atoms with Crippen molar-refractivity contribution in [1.82, 2.24) is 4.90 Å². The Bertz CT molecular complexity index is 453. The first kappa shape index (κ1) is 14.0. The molecule has 0 unspecified atom stereocenters. The predicted molar refractivity (Wildman–Crippen MR) is 71.5 cm³/mol. The van der Waals surface area contributed by atoms with E-state index in [4.69, 9.17) is 4.74 Å². The number of nitrogens with zero attached hydrogens (tertiary/aromatic N) is 1. The zero-order valence-corrected chi connectivity index (χ0v) is 11.5. The Hall–Kier alpha value is -1.42. The van der Waals surface area contributed by atoms with E-state index in [0.717, 1.165) is 37.1 Å². The molecule has 1 heterocycles. The van der Waals surface area contributed by atoms with E-state index in [1.54, 1.807) is 13.2 Å². The zero-order valence-electron chi connectivity index (χ0n) is 11.5. The molecule has 1 fully saturated rings. The van der Waals surface area contributed by atoms with Crippen LogP contribution in [0.5, 0.6) is 0 Å². The molecule has 0 spiro atoms. The van der Waals surface area contributed by atoms with E-state index in [2.05, 4.69) is 0 Å².